The lowest BCUT2D eigenvalue weighted by Gasteiger charge is -2.11. The number of carbonyl (C=O) groups excluding carboxylic acids is 1. The molecule has 0 bridgehead atoms. The van der Waals surface area contributed by atoms with Crippen molar-refractivity contribution in [3.63, 3.8) is 0 Å². The molecule has 0 atom stereocenters. The molecule has 0 aliphatic heterocycles. The Kier molecular flexibility index (Phi) is 4.32. The van der Waals surface area contributed by atoms with Crippen LogP contribution in [0.3, 0.4) is 0 Å². The molecule has 0 saturated heterocycles. The fourth-order valence-electron chi connectivity index (χ4n) is 1.89. The van der Waals surface area contributed by atoms with Gasteiger partial charge in [-0.3, -0.25) is 10.6 Å². The quantitative estimate of drug-likeness (QED) is 0.591. The van der Waals surface area contributed by atoms with Crippen molar-refractivity contribution in [3.8, 4) is 0 Å². The first kappa shape index (κ1) is 14.0. The van der Waals surface area contributed by atoms with E-state index in [-0.39, 0.29) is 18.3 Å². The summed E-state index contributed by atoms with van der Waals surface area (Å²) in [6.45, 7) is 2.03. The molecule has 4 nitrogen and oxygen atoms in total. The van der Waals surface area contributed by atoms with Crippen molar-refractivity contribution < 1.29 is 9.18 Å². The van der Waals surface area contributed by atoms with Crippen LogP contribution >= 0.6 is 0 Å². The van der Waals surface area contributed by atoms with Crippen LogP contribution in [0.25, 0.3) is 0 Å². The van der Waals surface area contributed by atoms with Crippen LogP contribution in [0.5, 0.6) is 0 Å². The molecule has 1 amide bonds. The van der Waals surface area contributed by atoms with Crippen LogP contribution < -0.4 is 16.6 Å². The van der Waals surface area contributed by atoms with Gasteiger partial charge >= 0.3 is 0 Å². The van der Waals surface area contributed by atoms with Gasteiger partial charge in [-0.15, -0.1) is 0 Å². The van der Waals surface area contributed by atoms with Gasteiger partial charge in [0.2, 0.25) is 0 Å². The molecule has 0 saturated carbocycles. The Labute approximate surface area is 116 Å². The number of hydrogen-bond acceptors (Lipinski definition) is 3. The van der Waals surface area contributed by atoms with Gasteiger partial charge in [-0.1, -0.05) is 24.3 Å². The lowest BCUT2D eigenvalue weighted by atomic mass is 10.1. The van der Waals surface area contributed by atoms with E-state index in [1.807, 2.05) is 13.0 Å². The number of hydrogen-bond donors (Lipinski definition) is 3. The second-order valence-corrected chi connectivity index (χ2v) is 4.47. The smallest absolute Gasteiger partial charge is 0.253 e. The highest BCUT2D eigenvalue weighted by atomic mass is 19.1. The number of carbonyl (C=O) groups is 1. The average Bonchev–Trinajstić information content (AvgIpc) is 2.46. The summed E-state index contributed by atoms with van der Waals surface area (Å²) < 4.78 is 13.5. The SMILES string of the molecule is Cc1ccc(C(=O)NCc2ccccc2F)c(NN)c1. The van der Waals surface area contributed by atoms with Gasteiger partial charge in [0.15, 0.2) is 0 Å². The van der Waals surface area contributed by atoms with E-state index in [1.54, 1.807) is 30.3 Å². The fourth-order valence-corrected chi connectivity index (χ4v) is 1.89. The minimum atomic E-state index is -0.339. The topological polar surface area (TPSA) is 67.2 Å². The van der Waals surface area contributed by atoms with Gasteiger partial charge in [0, 0.05) is 12.1 Å². The van der Waals surface area contributed by atoms with E-state index in [2.05, 4.69) is 10.7 Å². The number of anilines is 1. The zero-order chi connectivity index (χ0) is 14.5. The normalized spacial score (nSPS) is 10.2. The predicted octanol–water partition coefficient (Wildman–Crippen LogP) is 2.35. The molecule has 2 aromatic carbocycles. The highest BCUT2D eigenvalue weighted by Crippen LogP contribution is 2.16. The highest BCUT2D eigenvalue weighted by molar-refractivity contribution is 5.99. The third kappa shape index (κ3) is 3.13. The average molecular weight is 273 g/mol. The summed E-state index contributed by atoms with van der Waals surface area (Å²) in [6.07, 6.45) is 0. The van der Waals surface area contributed by atoms with Crippen molar-refractivity contribution in [2.75, 3.05) is 5.43 Å². The molecule has 104 valence electrons. The third-order valence-corrected chi connectivity index (χ3v) is 2.97. The van der Waals surface area contributed by atoms with E-state index in [4.69, 9.17) is 5.84 Å². The van der Waals surface area contributed by atoms with Crippen molar-refractivity contribution in [1.29, 1.82) is 0 Å². The summed E-state index contributed by atoms with van der Waals surface area (Å²) in [6, 6.07) is 11.6. The minimum Gasteiger partial charge on any atom is -0.348 e. The molecule has 4 N–H and O–H groups in total. The Morgan fingerprint density at radius 3 is 2.70 bits per heavy atom. The molecule has 5 heteroatoms. The van der Waals surface area contributed by atoms with Gasteiger partial charge in [0.05, 0.1) is 11.3 Å². The Balaban J connectivity index is 2.11. The largest absolute Gasteiger partial charge is 0.348 e. The van der Waals surface area contributed by atoms with Gasteiger partial charge in [0.25, 0.3) is 5.91 Å². The number of amides is 1. The van der Waals surface area contributed by atoms with Crippen molar-refractivity contribution in [1.82, 2.24) is 5.32 Å². The van der Waals surface area contributed by atoms with E-state index in [9.17, 15) is 9.18 Å². The summed E-state index contributed by atoms with van der Waals surface area (Å²) >= 11 is 0. The first-order valence-electron chi connectivity index (χ1n) is 6.20. The third-order valence-electron chi connectivity index (χ3n) is 2.97. The molecule has 0 radical (unpaired) electrons. The summed E-state index contributed by atoms with van der Waals surface area (Å²) in [5.41, 5.74) is 4.88. The Morgan fingerprint density at radius 2 is 2.00 bits per heavy atom. The maximum absolute atomic E-state index is 13.5. The molecule has 2 aromatic rings. The van der Waals surface area contributed by atoms with E-state index in [0.29, 0.717) is 16.8 Å². The zero-order valence-corrected chi connectivity index (χ0v) is 11.1. The Morgan fingerprint density at radius 1 is 1.25 bits per heavy atom. The predicted molar refractivity (Wildman–Crippen MR) is 76.6 cm³/mol. The minimum absolute atomic E-state index is 0.128. The van der Waals surface area contributed by atoms with Crippen molar-refractivity contribution in [2.24, 2.45) is 5.84 Å². The maximum Gasteiger partial charge on any atom is 0.253 e. The molecule has 0 fully saturated rings. The van der Waals surface area contributed by atoms with E-state index >= 15 is 0 Å². The zero-order valence-electron chi connectivity index (χ0n) is 11.1. The summed E-state index contributed by atoms with van der Waals surface area (Å²) in [5, 5.41) is 2.68. The van der Waals surface area contributed by atoms with Crippen LogP contribution in [-0.2, 0) is 6.54 Å². The second-order valence-electron chi connectivity index (χ2n) is 4.47. The summed E-state index contributed by atoms with van der Waals surface area (Å²) in [4.78, 5) is 12.1. The second kappa shape index (κ2) is 6.16. The van der Waals surface area contributed by atoms with Gasteiger partial charge in [-0.05, 0) is 30.7 Å². The van der Waals surface area contributed by atoms with Crippen LogP contribution in [-0.4, -0.2) is 5.91 Å². The Hall–Kier alpha value is -2.40. The number of aryl methyl sites for hydroxylation is 1. The summed E-state index contributed by atoms with van der Waals surface area (Å²) in [7, 11) is 0. The van der Waals surface area contributed by atoms with Gasteiger partial charge in [0.1, 0.15) is 5.82 Å². The molecule has 0 aliphatic carbocycles. The number of benzene rings is 2. The molecule has 0 aliphatic rings. The standard InChI is InChI=1S/C15H16FN3O/c1-10-6-7-12(14(8-10)19-17)15(20)18-9-11-4-2-3-5-13(11)16/h2-8,19H,9,17H2,1H3,(H,18,20). The molecular formula is C15H16FN3O. The number of nitrogens with two attached hydrogens (primary N) is 1. The van der Waals surface area contributed by atoms with E-state index in [1.165, 1.54) is 6.07 Å². The first-order valence-corrected chi connectivity index (χ1v) is 6.20. The molecule has 0 aromatic heterocycles. The van der Waals surface area contributed by atoms with Crippen molar-refractivity contribution in [2.45, 2.75) is 13.5 Å². The molecule has 0 spiro atoms. The fraction of sp³-hybridized carbons (Fsp3) is 0.133. The number of halogens is 1. The molecule has 2 rings (SSSR count). The van der Waals surface area contributed by atoms with Crippen LogP contribution in [0.2, 0.25) is 0 Å². The molecule has 0 heterocycles. The van der Waals surface area contributed by atoms with Gasteiger partial charge in [-0.25, -0.2) is 4.39 Å². The van der Waals surface area contributed by atoms with Gasteiger partial charge in [-0.2, -0.15) is 0 Å². The van der Waals surface area contributed by atoms with Crippen molar-refractivity contribution in [3.05, 3.63) is 65.0 Å². The number of rotatable bonds is 4. The number of nitrogens with one attached hydrogen (secondary N) is 2. The highest BCUT2D eigenvalue weighted by Gasteiger charge is 2.11. The number of hydrazine groups is 1. The summed E-state index contributed by atoms with van der Waals surface area (Å²) in [5.74, 6) is 4.76. The number of nitrogen functional groups attached to an aromatic ring is 1. The van der Waals surface area contributed by atoms with Crippen LogP contribution in [0.15, 0.2) is 42.5 Å². The Bertz CT molecular complexity index is 628. The van der Waals surface area contributed by atoms with E-state index < -0.39 is 0 Å². The molecule has 20 heavy (non-hydrogen) atoms. The monoisotopic (exact) mass is 273 g/mol. The lowest BCUT2D eigenvalue weighted by Crippen LogP contribution is -2.25. The molecular weight excluding hydrogens is 257 g/mol. The van der Waals surface area contributed by atoms with Crippen LogP contribution in [0.4, 0.5) is 10.1 Å². The van der Waals surface area contributed by atoms with E-state index in [0.717, 1.165) is 5.56 Å². The van der Waals surface area contributed by atoms with Gasteiger partial charge < -0.3 is 10.7 Å². The van der Waals surface area contributed by atoms with Crippen LogP contribution in [0.1, 0.15) is 21.5 Å². The van der Waals surface area contributed by atoms with Crippen molar-refractivity contribution >= 4 is 11.6 Å². The van der Waals surface area contributed by atoms with Crippen LogP contribution in [0, 0.1) is 12.7 Å². The lowest BCUT2D eigenvalue weighted by molar-refractivity contribution is 0.0951. The molecule has 0 unspecified atom stereocenters. The first-order chi connectivity index (χ1) is 9.61. The maximum atomic E-state index is 13.5.